The molecule has 0 amide bonds. The van der Waals surface area contributed by atoms with Crippen LogP contribution in [0.15, 0.2) is 35.3 Å². The lowest BCUT2D eigenvalue weighted by atomic mass is 10.0. The van der Waals surface area contributed by atoms with Crippen molar-refractivity contribution in [3.8, 4) is 0 Å². The Morgan fingerprint density at radius 2 is 2.15 bits per heavy atom. The number of hydrogen-bond acceptors (Lipinski definition) is 3. The van der Waals surface area contributed by atoms with Gasteiger partial charge in [-0.2, -0.15) is 0 Å². The van der Waals surface area contributed by atoms with Crippen LogP contribution in [0.4, 0.5) is 0 Å². The fourth-order valence-corrected chi connectivity index (χ4v) is 2.33. The van der Waals surface area contributed by atoms with Crippen LogP contribution < -0.4 is 10.9 Å². The van der Waals surface area contributed by atoms with Gasteiger partial charge in [-0.3, -0.25) is 9.20 Å². The lowest BCUT2D eigenvalue weighted by molar-refractivity contribution is 0.410. The van der Waals surface area contributed by atoms with Gasteiger partial charge in [0.1, 0.15) is 5.65 Å². The highest BCUT2D eigenvalue weighted by Crippen LogP contribution is 2.09. The average Bonchev–Trinajstić information content (AvgIpc) is 2.45. The standard InChI is InChI=1S/C16H23N3O/c1-4-12(2)9-13(3)17-11-14-10-16(20)19-8-6-5-7-15(19)18-14/h5-8,10,12-13,17H,4,9,11H2,1-3H3. The Morgan fingerprint density at radius 3 is 2.90 bits per heavy atom. The third kappa shape index (κ3) is 3.67. The van der Waals surface area contributed by atoms with Crippen LogP contribution in [-0.2, 0) is 6.54 Å². The molecule has 4 nitrogen and oxygen atoms in total. The zero-order valence-electron chi connectivity index (χ0n) is 12.5. The molecule has 108 valence electrons. The number of hydrogen-bond donors (Lipinski definition) is 1. The predicted molar refractivity (Wildman–Crippen MR) is 81.8 cm³/mol. The van der Waals surface area contributed by atoms with Gasteiger partial charge >= 0.3 is 0 Å². The number of fused-ring (bicyclic) bond motifs is 1. The minimum atomic E-state index is -0.0259. The molecule has 0 saturated carbocycles. The second-order valence-electron chi connectivity index (χ2n) is 5.55. The van der Waals surface area contributed by atoms with E-state index >= 15 is 0 Å². The molecule has 4 heteroatoms. The zero-order chi connectivity index (χ0) is 14.5. The van der Waals surface area contributed by atoms with Crippen molar-refractivity contribution in [2.24, 2.45) is 5.92 Å². The molecule has 2 atom stereocenters. The summed E-state index contributed by atoms with van der Waals surface area (Å²) in [6.07, 6.45) is 4.08. The highest BCUT2D eigenvalue weighted by atomic mass is 16.1. The third-order valence-electron chi connectivity index (χ3n) is 3.71. The van der Waals surface area contributed by atoms with Crippen LogP contribution in [0.2, 0.25) is 0 Å². The number of rotatable bonds is 6. The van der Waals surface area contributed by atoms with E-state index in [1.807, 2.05) is 18.2 Å². The molecular formula is C16H23N3O. The van der Waals surface area contributed by atoms with Gasteiger partial charge in [-0.25, -0.2) is 4.98 Å². The van der Waals surface area contributed by atoms with Crippen molar-refractivity contribution in [1.82, 2.24) is 14.7 Å². The molecule has 1 N–H and O–H groups in total. The summed E-state index contributed by atoms with van der Waals surface area (Å²) in [5, 5.41) is 3.45. The van der Waals surface area contributed by atoms with Crippen LogP contribution in [0.1, 0.15) is 39.3 Å². The molecule has 0 bridgehead atoms. The first-order chi connectivity index (χ1) is 9.60. The Hall–Kier alpha value is -1.68. The largest absolute Gasteiger partial charge is 0.309 e. The van der Waals surface area contributed by atoms with E-state index in [-0.39, 0.29) is 5.56 Å². The van der Waals surface area contributed by atoms with Crippen molar-refractivity contribution >= 4 is 5.65 Å². The second-order valence-corrected chi connectivity index (χ2v) is 5.55. The lowest BCUT2D eigenvalue weighted by Crippen LogP contribution is -2.28. The summed E-state index contributed by atoms with van der Waals surface area (Å²) in [6, 6.07) is 7.62. The first-order valence-electron chi connectivity index (χ1n) is 7.31. The fraction of sp³-hybridized carbons (Fsp3) is 0.500. The molecule has 0 aliphatic carbocycles. The molecule has 2 aromatic rings. The van der Waals surface area contributed by atoms with Gasteiger partial charge in [0.2, 0.25) is 0 Å². The van der Waals surface area contributed by atoms with Crippen molar-refractivity contribution in [2.45, 2.75) is 46.2 Å². The summed E-state index contributed by atoms with van der Waals surface area (Å²) < 4.78 is 1.56. The summed E-state index contributed by atoms with van der Waals surface area (Å²) in [6.45, 7) is 7.29. The van der Waals surface area contributed by atoms with Crippen LogP contribution in [0.5, 0.6) is 0 Å². The van der Waals surface area contributed by atoms with E-state index in [1.165, 1.54) is 6.42 Å². The molecule has 0 fully saturated rings. The Morgan fingerprint density at radius 1 is 1.35 bits per heavy atom. The molecule has 0 spiro atoms. The molecule has 0 saturated heterocycles. The highest BCUT2D eigenvalue weighted by molar-refractivity contribution is 5.37. The molecule has 2 aromatic heterocycles. The monoisotopic (exact) mass is 273 g/mol. The predicted octanol–water partition coefficient (Wildman–Crippen LogP) is 2.61. The summed E-state index contributed by atoms with van der Waals surface area (Å²) in [5.74, 6) is 0.715. The SMILES string of the molecule is CCC(C)CC(C)NCc1cc(=O)n2ccccc2n1. The van der Waals surface area contributed by atoms with Crippen molar-refractivity contribution in [2.75, 3.05) is 0 Å². The van der Waals surface area contributed by atoms with E-state index in [4.69, 9.17) is 0 Å². The van der Waals surface area contributed by atoms with E-state index in [1.54, 1.807) is 16.7 Å². The van der Waals surface area contributed by atoms with Gasteiger partial charge < -0.3 is 5.32 Å². The molecule has 20 heavy (non-hydrogen) atoms. The quantitative estimate of drug-likeness (QED) is 0.880. The van der Waals surface area contributed by atoms with E-state index in [2.05, 4.69) is 31.1 Å². The number of aromatic nitrogens is 2. The Balaban J connectivity index is 2.05. The third-order valence-corrected chi connectivity index (χ3v) is 3.71. The normalized spacial score (nSPS) is 14.3. The van der Waals surface area contributed by atoms with Gasteiger partial charge in [0.05, 0.1) is 5.69 Å². The van der Waals surface area contributed by atoms with Gasteiger partial charge in [0.25, 0.3) is 5.56 Å². The Labute approximate surface area is 119 Å². The molecular weight excluding hydrogens is 250 g/mol. The Kier molecular flexibility index (Phi) is 4.90. The molecule has 0 radical (unpaired) electrons. The van der Waals surface area contributed by atoms with Gasteiger partial charge in [0, 0.05) is 24.8 Å². The van der Waals surface area contributed by atoms with E-state index in [0.717, 1.165) is 12.1 Å². The smallest absolute Gasteiger partial charge is 0.258 e. The highest BCUT2D eigenvalue weighted by Gasteiger charge is 2.08. The molecule has 2 unspecified atom stereocenters. The minimum absolute atomic E-state index is 0.0259. The zero-order valence-corrected chi connectivity index (χ0v) is 12.5. The van der Waals surface area contributed by atoms with Crippen molar-refractivity contribution < 1.29 is 0 Å². The van der Waals surface area contributed by atoms with Crippen molar-refractivity contribution in [3.63, 3.8) is 0 Å². The number of nitrogens with one attached hydrogen (secondary N) is 1. The molecule has 0 aliphatic heterocycles. The Bertz CT molecular complexity index is 620. The summed E-state index contributed by atoms with van der Waals surface area (Å²) in [7, 11) is 0. The first-order valence-corrected chi connectivity index (χ1v) is 7.31. The van der Waals surface area contributed by atoms with Crippen molar-refractivity contribution in [3.05, 3.63) is 46.5 Å². The van der Waals surface area contributed by atoms with Gasteiger partial charge in [-0.05, 0) is 31.4 Å². The van der Waals surface area contributed by atoms with Crippen LogP contribution in [0, 0.1) is 5.92 Å². The van der Waals surface area contributed by atoms with Crippen molar-refractivity contribution in [1.29, 1.82) is 0 Å². The van der Waals surface area contributed by atoms with E-state index in [9.17, 15) is 4.79 Å². The number of nitrogens with zero attached hydrogens (tertiary/aromatic N) is 2. The van der Waals surface area contributed by atoms with Crippen LogP contribution >= 0.6 is 0 Å². The maximum absolute atomic E-state index is 12.0. The average molecular weight is 273 g/mol. The molecule has 2 heterocycles. The van der Waals surface area contributed by atoms with Crippen LogP contribution in [0.3, 0.4) is 0 Å². The number of pyridine rings is 1. The maximum Gasteiger partial charge on any atom is 0.258 e. The topological polar surface area (TPSA) is 46.4 Å². The van der Waals surface area contributed by atoms with E-state index in [0.29, 0.717) is 24.2 Å². The maximum atomic E-state index is 12.0. The molecule has 0 aromatic carbocycles. The summed E-state index contributed by atoms with van der Waals surface area (Å²) in [5.41, 5.74) is 1.48. The lowest BCUT2D eigenvalue weighted by Gasteiger charge is -2.17. The van der Waals surface area contributed by atoms with Gasteiger partial charge in [0.15, 0.2) is 0 Å². The van der Waals surface area contributed by atoms with Gasteiger partial charge in [-0.15, -0.1) is 0 Å². The summed E-state index contributed by atoms with van der Waals surface area (Å²) >= 11 is 0. The van der Waals surface area contributed by atoms with Crippen LogP contribution in [0.25, 0.3) is 5.65 Å². The first kappa shape index (κ1) is 14.7. The fourth-order valence-electron chi connectivity index (χ4n) is 2.33. The minimum Gasteiger partial charge on any atom is -0.309 e. The summed E-state index contributed by atoms with van der Waals surface area (Å²) in [4.78, 5) is 16.5. The van der Waals surface area contributed by atoms with Crippen LogP contribution in [-0.4, -0.2) is 15.4 Å². The molecule has 2 rings (SSSR count). The molecule has 0 aliphatic rings. The van der Waals surface area contributed by atoms with Gasteiger partial charge in [-0.1, -0.05) is 26.3 Å². The second kappa shape index (κ2) is 6.66. The van der Waals surface area contributed by atoms with E-state index < -0.39 is 0 Å².